The van der Waals surface area contributed by atoms with Gasteiger partial charge >= 0.3 is 0 Å². The number of nitrogens with one attached hydrogen (secondary N) is 1. The number of rotatable bonds is 5. The number of amides is 1. The van der Waals surface area contributed by atoms with E-state index in [-0.39, 0.29) is 24.1 Å². The van der Waals surface area contributed by atoms with Crippen LogP contribution in [0.4, 0.5) is 5.69 Å². The lowest BCUT2D eigenvalue weighted by Crippen LogP contribution is -2.33. The Labute approximate surface area is 121 Å². The van der Waals surface area contributed by atoms with Crippen LogP contribution in [0, 0.1) is 13.8 Å². The van der Waals surface area contributed by atoms with E-state index in [1.165, 1.54) is 0 Å². The summed E-state index contributed by atoms with van der Waals surface area (Å²) in [6, 6.07) is 3.31. The first kappa shape index (κ1) is 17.7. The molecular weight excluding hydrogens is 264 g/mol. The van der Waals surface area contributed by atoms with Crippen LogP contribution in [-0.4, -0.2) is 35.5 Å². The summed E-state index contributed by atoms with van der Waals surface area (Å²) in [6.45, 7) is 9.93. The topological polar surface area (TPSA) is 52.6 Å². The molecule has 1 amide bonds. The Morgan fingerprint density at radius 2 is 1.68 bits per heavy atom. The standard InChI is InChI=1S/C14H22N2O2.ClH/c1-5-16(6-2)9-13(18)15-14-10(3)7-12(17)8-11(14)4;/h7-8,17H,5-6,9H2,1-4H3,(H,15,18);1H. The van der Waals surface area contributed by atoms with E-state index in [4.69, 9.17) is 0 Å². The highest BCUT2D eigenvalue weighted by atomic mass is 35.5. The highest BCUT2D eigenvalue weighted by molar-refractivity contribution is 5.93. The summed E-state index contributed by atoms with van der Waals surface area (Å²) in [7, 11) is 0. The zero-order chi connectivity index (χ0) is 13.7. The van der Waals surface area contributed by atoms with Crippen LogP contribution >= 0.6 is 12.4 Å². The van der Waals surface area contributed by atoms with Gasteiger partial charge in [-0.3, -0.25) is 9.69 Å². The van der Waals surface area contributed by atoms with Crippen molar-refractivity contribution >= 4 is 24.0 Å². The molecule has 0 saturated carbocycles. The number of halogens is 1. The molecule has 0 aromatic heterocycles. The van der Waals surface area contributed by atoms with E-state index in [0.717, 1.165) is 29.9 Å². The summed E-state index contributed by atoms with van der Waals surface area (Å²) in [5.41, 5.74) is 2.55. The Morgan fingerprint density at radius 1 is 1.21 bits per heavy atom. The maximum atomic E-state index is 11.9. The molecule has 0 saturated heterocycles. The van der Waals surface area contributed by atoms with Gasteiger partial charge in [-0.15, -0.1) is 12.4 Å². The molecule has 0 unspecified atom stereocenters. The van der Waals surface area contributed by atoms with Crippen LogP contribution in [-0.2, 0) is 4.79 Å². The third-order valence-corrected chi connectivity index (χ3v) is 3.04. The zero-order valence-electron chi connectivity index (χ0n) is 12.0. The molecule has 0 aliphatic heterocycles. The maximum absolute atomic E-state index is 11.9. The number of carbonyl (C=O) groups excluding carboxylic acids is 1. The first-order valence-corrected chi connectivity index (χ1v) is 6.30. The van der Waals surface area contributed by atoms with Crippen molar-refractivity contribution in [2.75, 3.05) is 25.0 Å². The molecule has 0 aliphatic rings. The molecule has 108 valence electrons. The number of phenolic OH excluding ortho intramolecular Hbond substituents is 1. The number of phenols is 1. The molecule has 1 rings (SSSR count). The summed E-state index contributed by atoms with van der Waals surface area (Å²) in [4.78, 5) is 14.0. The quantitative estimate of drug-likeness (QED) is 0.819. The lowest BCUT2D eigenvalue weighted by Gasteiger charge is -2.18. The summed E-state index contributed by atoms with van der Waals surface area (Å²) in [5, 5.41) is 12.4. The SMILES string of the molecule is CCN(CC)CC(=O)Nc1c(C)cc(O)cc1C.Cl. The summed E-state index contributed by atoms with van der Waals surface area (Å²) >= 11 is 0. The van der Waals surface area contributed by atoms with Crippen LogP contribution in [0.2, 0.25) is 0 Å². The number of aryl methyl sites for hydroxylation is 2. The fourth-order valence-corrected chi connectivity index (χ4v) is 1.97. The van der Waals surface area contributed by atoms with Gasteiger partial charge in [-0.05, 0) is 50.2 Å². The molecule has 0 radical (unpaired) electrons. The molecule has 0 aliphatic carbocycles. The number of hydrogen-bond donors (Lipinski definition) is 2. The van der Waals surface area contributed by atoms with E-state index >= 15 is 0 Å². The van der Waals surface area contributed by atoms with Gasteiger partial charge in [0.05, 0.1) is 6.54 Å². The second kappa shape index (κ2) is 8.02. The van der Waals surface area contributed by atoms with Gasteiger partial charge in [-0.1, -0.05) is 13.8 Å². The molecule has 0 spiro atoms. The van der Waals surface area contributed by atoms with Crippen molar-refractivity contribution in [3.8, 4) is 5.75 Å². The second-order valence-electron chi connectivity index (χ2n) is 4.46. The minimum Gasteiger partial charge on any atom is -0.508 e. The molecule has 1 aromatic carbocycles. The number of likely N-dealkylation sites (N-methyl/N-ethyl adjacent to an activating group) is 1. The van der Waals surface area contributed by atoms with Crippen molar-refractivity contribution in [3.05, 3.63) is 23.3 Å². The van der Waals surface area contributed by atoms with Crippen LogP contribution in [0.15, 0.2) is 12.1 Å². The van der Waals surface area contributed by atoms with E-state index in [1.807, 2.05) is 27.7 Å². The lowest BCUT2D eigenvalue weighted by atomic mass is 10.1. The Bertz CT molecular complexity index is 408. The maximum Gasteiger partial charge on any atom is 0.238 e. The highest BCUT2D eigenvalue weighted by Gasteiger charge is 2.11. The summed E-state index contributed by atoms with van der Waals surface area (Å²) in [6.07, 6.45) is 0. The third kappa shape index (κ3) is 5.09. The Hall–Kier alpha value is -1.26. The van der Waals surface area contributed by atoms with Crippen LogP contribution < -0.4 is 5.32 Å². The molecule has 1 aromatic rings. The molecule has 0 fully saturated rings. The third-order valence-electron chi connectivity index (χ3n) is 3.04. The van der Waals surface area contributed by atoms with Gasteiger partial charge in [0.25, 0.3) is 0 Å². The number of carbonyl (C=O) groups is 1. The molecule has 0 heterocycles. The smallest absolute Gasteiger partial charge is 0.238 e. The number of hydrogen-bond acceptors (Lipinski definition) is 3. The zero-order valence-corrected chi connectivity index (χ0v) is 12.8. The van der Waals surface area contributed by atoms with Gasteiger partial charge in [-0.2, -0.15) is 0 Å². The Morgan fingerprint density at radius 3 is 2.11 bits per heavy atom. The van der Waals surface area contributed by atoms with Gasteiger partial charge < -0.3 is 10.4 Å². The van der Waals surface area contributed by atoms with Crippen LogP contribution in [0.1, 0.15) is 25.0 Å². The van der Waals surface area contributed by atoms with Gasteiger partial charge in [-0.25, -0.2) is 0 Å². The molecule has 4 nitrogen and oxygen atoms in total. The first-order valence-electron chi connectivity index (χ1n) is 6.30. The van der Waals surface area contributed by atoms with Crippen molar-refractivity contribution in [1.82, 2.24) is 4.90 Å². The summed E-state index contributed by atoms with van der Waals surface area (Å²) in [5.74, 6) is 0.210. The van der Waals surface area contributed by atoms with Gasteiger partial charge in [0.15, 0.2) is 0 Å². The highest BCUT2D eigenvalue weighted by Crippen LogP contribution is 2.25. The van der Waals surface area contributed by atoms with Crippen molar-refractivity contribution in [2.24, 2.45) is 0 Å². The fourth-order valence-electron chi connectivity index (χ4n) is 1.97. The molecule has 0 atom stereocenters. The molecular formula is C14H23ClN2O2. The van der Waals surface area contributed by atoms with Crippen LogP contribution in [0.3, 0.4) is 0 Å². The Balaban J connectivity index is 0.00000324. The second-order valence-corrected chi connectivity index (χ2v) is 4.46. The van der Waals surface area contributed by atoms with E-state index in [2.05, 4.69) is 10.2 Å². The minimum absolute atomic E-state index is 0. The fraction of sp³-hybridized carbons (Fsp3) is 0.500. The monoisotopic (exact) mass is 286 g/mol. The lowest BCUT2D eigenvalue weighted by molar-refractivity contribution is -0.117. The van der Waals surface area contributed by atoms with Gasteiger partial charge in [0, 0.05) is 5.69 Å². The molecule has 5 heteroatoms. The minimum atomic E-state index is -0.0180. The molecule has 0 bridgehead atoms. The first-order chi connectivity index (χ1) is 8.47. The van der Waals surface area contributed by atoms with Crippen molar-refractivity contribution < 1.29 is 9.90 Å². The van der Waals surface area contributed by atoms with Crippen molar-refractivity contribution in [2.45, 2.75) is 27.7 Å². The van der Waals surface area contributed by atoms with E-state index in [9.17, 15) is 9.90 Å². The summed E-state index contributed by atoms with van der Waals surface area (Å²) < 4.78 is 0. The average Bonchev–Trinajstić information content (AvgIpc) is 2.30. The molecule has 19 heavy (non-hydrogen) atoms. The van der Waals surface area contributed by atoms with E-state index in [1.54, 1.807) is 12.1 Å². The predicted molar refractivity (Wildman–Crippen MR) is 81.2 cm³/mol. The van der Waals surface area contributed by atoms with Crippen LogP contribution in [0.5, 0.6) is 5.75 Å². The number of nitrogens with zero attached hydrogens (tertiary/aromatic N) is 1. The number of benzene rings is 1. The van der Waals surface area contributed by atoms with E-state index < -0.39 is 0 Å². The van der Waals surface area contributed by atoms with Crippen LogP contribution in [0.25, 0.3) is 0 Å². The van der Waals surface area contributed by atoms with E-state index in [0.29, 0.717) is 6.54 Å². The number of aromatic hydroxyl groups is 1. The largest absolute Gasteiger partial charge is 0.508 e. The normalized spacial score (nSPS) is 10.2. The number of anilines is 1. The predicted octanol–water partition coefficient (Wildman–Crippen LogP) is 2.71. The van der Waals surface area contributed by atoms with Crippen molar-refractivity contribution in [3.63, 3.8) is 0 Å². The Kier molecular flexibility index (Phi) is 7.49. The molecule has 2 N–H and O–H groups in total. The average molecular weight is 287 g/mol. The van der Waals surface area contributed by atoms with Gasteiger partial charge in [0.2, 0.25) is 5.91 Å². The van der Waals surface area contributed by atoms with Crippen molar-refractivity contribution in [1.29, 1.82) is 0 Å². The van der Waals surface area contributed by atoms with Gasteiger partial charge in [0.1, 0.15) is 5.75 Å².